The molecule has 0 fully saturated rings. The van der Waals surface area contributed by atoms with Crippen LogP contribution in [0.4, 0.5) is 0 Å². The lowest BCUT2D eigenvalue weighted by atomic mass is 9.87. The summed E-state index contributed by atoms with van der Waals surface area (Å²) in [6, 6.07) is 2.94. The molecule has 2 atom stereocenters. The molecule has 90 valence electrons. The molecule has 0 aliphatic heterocycles. The van der Waals surface area contributed by atoms with Gasteiger partial charge in [-0.2, -0.15) is 0 Å². The second kappa shape index (κ2) is 4.70. The van der Waals surface area contributed by atoms with Crippen LogP contribution >= 0.6 is 0 Å². The summed E-state index contributed by atoms with van der Waals surface area (Å²) < 4.78 is 5.21. The molecule has 0 saturated heterocycles. The maximum atomic E-state index is 11.8. The van der Waals surface area contributed by atoms with Gasteiger partial charge in [-0.25, -0.2) is 0 Å². The first-order chi connectivity index (χ1) is 7.32. The van der Waals surface area contributed by atoms with Gasteiger partial charge in [0.2, 0.25) is 5.91 Å². The second-order valence-corrected chi connectivity index (χ2v) is 5.09. The van der Waals surface area contributed by atoms with Crippen LogP contribution < -0.4 is 11.1 Å². The molecule has 1 unspecified atom stereocenters. The maximum Gasteiger partial charge on any atom is 0.238 e. The molecule has 0 aromatic carbocycles. The van der Waals surface area contributed by atoms with Crippen LogP contribution in [-0.4, -0.2) is 11.9 Å². The minimum atomic E-state index is -0.523. The van der Waals surface area contributed by atoms with Gasteiger partial charge in [-0.05, 0) is 24.5 Å². The first-order valence-electron chi connectivity index (χ1n) is 5.41. The van der Waals surface area contributed by atoms with E-state index in [0.29, 0.717) is 0 Å². The minimum Gasteiger partial charge on any atom is -0.467 e. The summed E-state index contributed by atoms with van der Waals surface area (Å²) >= 11 is 0. The van der Waals surface area contributed by atoms with Gasteiger partial charge in [-0.1, -0.05) is 20.8 Å². The van der Waals surface area contributed by atoms with Crippen LogP contribution in [0.5, 0.6) is 0 Å². The Morgan fingerprint density at radius 3 is 2.56 bits per heavy atom. The van der Waals surface area contributed by atoms with Crippen molar-refractivity contribution in [2.75, 3.05) is 0 Å². The standard InChI is InChI=1S/C12H20N2O2/c1-8(9-6-5-7-16-9)14-11(15)10(13)12(2,3)4/h5-8,10H,13H2,1-4H3,(H,14,15)/t8-,10?/m1/s1. The van der Waals surface area contributed by atoms with Gasteiger partial charge in [0.25, 0.3) is 0 Å². The number of hydrogen-bond acceptors (Lipinski definition) is 3. The molecule has 1 rings (SSSR count). The zero-order valence-corrected chi connectivity index (χ0v) is 10.3. The summed E-state index contributed by atoms with van der Waals surface area (Å²) in [5, 5.41) is 2.83. The molecule has 0 radical (unpaired) electrons. The van der Waals surface area contributed by atoms with Gasteiger partial charge in [0, 0.05) is 0 Å². The van der Waals surface area contributed by atoms with E-state index >= 15 is 0 Å². The lowest BCUT2D eigenvalue weighted by molar-refractivity contribution is -0.125. The van der Waals surface area contributed by atoms with Crippen LogP contribution in [0.3, 0.4) is 0 Å². The molecule has 1 aromatic rings. The van der Waals surface area contributed by atoms with Crippen molar-refractivity contribution < 1.29 is 9.21 Å². The molecular weight excluding hydrogens is 204 g/mol. The molecule has 1 amide bonds. The molecular formula is C12H20N2O2. The predicted molar refractivity (Wildman–Crippen MR) is 62.7 cm³/mol. The van der Waals surface area contributed by atoms with Crippen LogP contribution in [0.2, 0.25) is 0 Å². The minimum absolute atomic E-state index is 0.156. The van der Waals surface area contributed by atoms with Gasteiger partial charge in [0.1, 0.15) is 5.76 Å². The molecule has 1 heterocycles. The number of carbonyl (C=O) groups excluding carboxylic acids is 1. The van der Waals surface area contributed by atoms with E-state index in [4.69, 9.17) is 10.2 Å². The smallest absolute Gasteiger partial charge is 0.238 e. The molecule has 4 nitrogen and oxygen atoms in total. The van der Waals surface area contributed by atoms with E-state index in [1.54, 1.807) is 12.3 Å². The van der Waals surface area contributed by atoms with Gasteiger partial charge >= 0.3 is 0 Å². The zero-order chi connectivity index (χ0) is 12.3. The van der Waals surface area contributed by atoms with Crippen molar-refractivity contribution in [1.82, 2.24) is 5.32 Å². The van der Waals surface area contributed by atoms with Crippen molar-refractivity contribution in [3.05, 3.63) is 24.2 Å². The highest BCUT2D eigenvalue weighted by Gasteiger charge is 2.28. The summed E-state index contributed by atoms with van der Waals surface area (Å²) in [6.07, 6.45) is 1.58. The van der Waals surface area contributed by atoms with E-state index in [1.807, 2.05) is 33.8 Å². The second-order valence-electron chi connectivity index (χ2n) is 5.09. The third-order valence-electron chi connectivity index (χ3n) is 2.54. The van der Waals surface area contributed by atoms with E-state index in [2.05, 4.69) is 5.32 Å². The van der Waals surface area contributed by atoms with Gasteiger partial charge < -0.3 is 15.5 Å². The van der Waals surface area contributed by atoms with Gasteiger partial charge in [-0.3, -0.25) is 4.79 Å². The number of furan rings is 1. The van der Waals surface area contributed by atoms with Crippen molar-refractivity contribution in [3.8, 4) is 0 Å². The summed E-state index contributed by atoms with van der Waals surface area (Å²) in [7, 11) is 0. The fourth-order valence-electron chi connectivity index (χ4n) is 1.31. The average Bonchev–Trinajstić information content (AvgIpc) is 2.67. The Bertz CT molecular complexity index is 338. The van der Waals surface area contributed by atoms with Crippen LogP contribution in [0.15, 0.2) is 22.8 Å². The highest BCUT2D eigenvalue weighted by molar-refractivity contribution is 5.82. The summed E-state index contributed by atoms with van der Waals surface area (Å²) in [4.78, 5) is 11.8. The fraction of sp³-hybridized carbons (Fsp3) is 0.583. The Morgan fingerprint density at radius 1 is 1.50 bits per heavy atom. The average molecular weight is 224 g/mol. The van der Waals surface area contributed by atoms with Crippen molar-refractivity contribution in [3.63, 3.8) is 0 Å². The summed E-state index contributed by atoms with van der Waals surface area (Å²) in [6.45, 7) is 7.69. The van der Waals surface area contributed by atoms with E-state index in [-0.39, 0.29) is 17.4 Å². The number of rotatable bonds is 3. The number of nitrogens with one attached hydrogen (secondary N) is 1. The molecule has 1 aromatic heterocycles. The third-order valence-corrected chi connectivity index (χ3v) is 2.54. The van der Waals surface area contributed by atoms with Gasteiger partial charge in [-0.15, -0.1) is 0 Å². The number of hydrogen-bond donors (Lipinski definition) is 2. The molecule has 0 aliphatic rings. The maximum absolute atomic E-state index is 11.8. The molecule has 16 heavy (non-hydrogen) atoms. The van der Waals surface area contributed by atoms with Crippen LogP contribution in [-0.2, 0) is 4.79 Å². The zero-order valence-electron chi connectivity index (χ0n) is 10.3. The Kier molecular flexibility index (Phi) is 3.75. The SMILES string of the molecule is C[C@@H](NC(=O)C(N)C(C)(C)C)c1ccco1. The Morgan fingerprint density at radius 2 is 2.12 bits per heavy atom. The largest absolute Gasteiger partial charge is 0.467 e. The van der Waals surface area contributed by atoms with Crippen molar-refractivity contribution in [2.45, 2.75) is 39.8 Å². The van der Waals surface area contributed by atoms with E-state index in [9.17, 15) is 4.79 Å². The van der Waals surface area contributed by atoms with Crippen molar-refractivity contribution >= 4 is 5.91 Å². The molecule has 0 spiro atoms. The number of carbonyl (C=O) groups is 1. The Hall–Kier alpha value is -1.29. The van der Waals surface area contributed by atoms with Crippen molar-refractivity contribution in [2.24, 2.45) is 11.1 Å². The van der Waals surface area contributed by atoms with Gasteiger partial charge in [0.05, 0.1) is 18.3 Å². The normalized spacial score (nSPS) is 15.6. The fourth-order valence-corrected chi connectivity index (χ4v) is 1.31. The highest BCUT2D eigenvalue weighted by Crippen LogP contribution is 2.19. The molecule has 3 N–H and O–H groups in total. The molecule has 4 heteroatoms. The first kappa shape index (κ1) is 12.8. The molecule has 0 saturated carbocycles. The van der Waals surface area contributed by atoms with E-state index < -0.39 is 6.04 Å². The Labute approximate surface area is 96.2 Å². The van der Waals surface area contributed by atoms with Crippen LogP contribution in [0.25, 0.3) is 0 Å². The number of nitrogens with two attached hydrogens (primary N) is 1. The summed E-state index contributed by atoms with van der Waals surface area (Å²) in [5.41, 5.74) is 5.61. The lowest BCUT2D eigenvalue weighted by Gasteiger charge is -2.27. The predicted octanol–water partition coefficient (Wildman–Crippen LogP) is 1.83. The lowest BCUT2D eigenvalue weighted by Crippen LogP contribution is -2.49. The van der Waals surface area contributed by atoms with Crippen LogP contribution in [0, 0.1) is 5.41 Å². The van der Waals surface area contributed by atoms with Crippen molar-refractivity contribution in [1.29, 1.82) is 0 Å². The Balaban J connectivity index is 2.59. The first-order valence-corrected chi connectivity index (χ1v) is 5.41. The van der Waals surface area contributed by atoms with Gasteiger partial charge in [0.15, 0.2) is 0 Å². The highest BCUT2D eigenvalue weighted by atomic mass is 16.3. The topological polar surface area (TPSA) is 68.3 Å². The van der Waals surface area contributed by atoms with E-state index in [1.165, 1.54) is 0 Å². The molecule has 0 aliphatic carbocycles. The third kappa shape index (κ3) is 3.10. The quantitative estimate of drug-likeness (QED) is 0.823. The van der Waals surface area contributed by atoms with E-state index in [0.717, 1.165) is 5.76 Å². The molecule has 0 bridgehead atoms. The number of amides is 1. The van der Waals surface area contributed by atoms with Crippen LogP contribution in [0.1, 0.15) is 39.5 Å². The monoisotopic (exact) mass is 224 g/mol. The summed E-state index contributed by atoms with van der Waals surface area (Å²) in [5.74, 6) is 0.575.